The van der Waals surface area contributed by atoms with Gasteiger partial charge in [-0.15, -0.1) is 0 Å². The second kappa shape index (κ2) is 7.36. The van der Waals surface area contributed by atoms with Crippen LogP contribution in [-0.4, -0.2) is 29.4 Å². The predicted octanol–water partition coefficient (Wildman–Crippen LogP) is 2.53. The highest BCUT2D eigenvalue weighted by Crippen LogP contribution is 2.18. The molecule has 0 aliphatic carbocycles. The number of nitrogens with one attached hydrogen (secondary N) is 1. The number of carbonyl (C=O) groups is 3. The third-order valence-electron chi connectivity index (χ3n) is 3.05. The van der Waals surface area contributed by atoms with Crippen molar-refractivity contribution < 1.29 is 28.6 Å². The van der Waals surface area contributed by atoms with Gasteiger partial charge in [0.1, 0.15) is 17.1 Å². The molecular weight excluding hydrogens is 317 g/mol. The number of phenols is 1. The standard InChI is InChI=1S/C17H14FNO5/c1-10(20)19-11-6-7-12(14(18)8-11)16(22)9-24-17(23)13-4-2-3-5-15(13)21/h2-8,21H,9H2,1H3,(H,19,20). The Morgan fingerprint density at radius 2 is 1.83 bits per heavy atom. The number of hydrogen-bond acceptors (Lipinski definition) is 5. The molecule has 0 aliphatic heterocycles. The van der Waals surface area contributed by atoms with Crippen LogP contribution in [0.15, 0.2) is 42.5 Å². The third kappa shape index (κ3) is 4.16. The van der Waals surface area contributed by atoms with Crippen LogP contribution in [0.4, 0.5) is 10.1 Å². The third-order valence-corrected chi connectivity index (χ3v) is 3.05. The first-order chi connectivity index (χ1) is 11.4. The summed E-state index contributed by atoms with van der Waals surface area (Å²) in [5, 5.41) is 11.9. The molecule has 2 N–H and O–H groups in total. The van der Waals surface area contributed by atoms with Gasteiger partial charge >= 0.3 is 5.97 Å². The average molecular weight is 331 g/mol. The number of ether oxygens (including phenoxy) is 1. The maximum atomic E-state index is 13.9. The van der Waals surface area contributed by atoms with E-state index in [-0.39, 0.29) is 28.5 Å². The van der Waals surface area contributed by atoms with Gasteiger partial charge in [-0.05, 0) is 30.3 Å². The quantitative estimate of drug-likeness (QED) is 0.649. The van der Waals surface area contributed by atoms with Crippen LogP contribution >= 0.6 is 0 Å². The summed E-state index contributed by atoms with van der Waals surface area (Å²) in [6.07, 6.45) is 0. The van der Waals surface area contributed by atoms with Gasteiger partial charge in [0.05, 0.1) is 5.56 Å². The number of rotatable bonds is 5. The van der Waals surface area contributed by atoms with Gasteiger partial charge in [0.2, 0.25) is 11.7 Å². The summed E-state index contributed by atoms with van der Waals surface area (Å²) < 4.78 is 18.7. The summed E-state index contributed by atoms with van der Waals surface area (Å²) in [5.74, 6) is -3.13. The van der Waals surface area contributed by atoms with Gasteiger partial charge in [0.25, 0.3) is 0 Å². The number of Topliss-reactive ketones (excluding diaryl/α,β-unsaturated/α-hetero) is 1. The number of amides is 1. The summed E-state index contributed by atoms with van der Waals surface area (Å²) >= 11 is 0. The molecule has 0 fully saturated rings. The molecule has 6 nitrogen and oxygen atoms in total. The Morgan fingerprint density at radius 1 is 1.12 bits per heavy atom. The van der Waals surface area contributed by atoms with Gasteiger partial charge in [-0.1, -0.05) is 12.1 Å². The lowest BCUT2D eigenvalue weighted by Crippen LogP contribution is -2.16. The van der Waals surface area contributed by atoms with Crippen LogP contribution in [0.3, 0.4) is 0 Å². The van der Waals surface area contributed by atoms with E-state index in [1.54, 1.807) is 0 Å². The molecule has 7 heteroatoms. The number of anilines is 1. The Bertz CT molecular complexity index is 803. The molecule has 1 amide bonds. The first kappa shape index (κ1) is 17.1. The monoisotopic (exact) mass is 331 g/mol. The van der Waals surface area contributed by atoms with Gasteiger partial charge in [0.15, 0.2) is 6.61 Å². The minimum absolute atomic E-state index is 0.0909. The predicted molar refractivity (Wildman–Crippen MR) is 83.4 cm³/mol. The maximum Gasteiger partial charge on any atom is 0.342 e. The Hall–Kier alpha value is -3.22. The number of hydrogen-bond donors (Lipinski definition) is 2. The highest BCUT2D eigenvalue weighted by atomic mass is 19.1. The topological polar surface area (TPSA) is 92.7 Å². The van der Waals surface area contributed by atoms with Crippen molar-refractivity contribution in [3.63, 3.8) is 0 Å². The lowest BCUT2D eigenvalue weighted by atomic mass is 10.1. The number of benzene rings is 2. The molecule has 0 unspecified atom stereocenters. The zero-order valence-electron chi connectivity index (χ0n) is 12.7. The number of para-hydroxylation sites is 1. The lowest BCUT2D eigenvalue weighted by molar-refractivity contribution is -0.114. The number of ketones is 1. The fraction of sp³-hybridized carbons (Fsp3) is 0.118. The molecule has 0 spiro atoms. The SMILES string of the molecule is CC(=O)Nc1ccc(C(=O)COC(=O)c2ccccc2O)c(F)c1. The van der Waals surface area contributed by atoms with E-state index in [2.05, 4.69) is 5.32 Å². The summed E-state index contributed by atoms with van der Waals surface area (Å²) in [6, 6.07) is 9.25. The number of carbonyl (C=O) groups excluding carboxylic acids is 3. The van der Waals surface area contributed by atoms with E-state index in [0.29, 0.717) is 0 Å². The van der Waals surface area contributed by atoms with Gasteiger partial charge < -0.3 is 15.2 Å². The first-order valence-electron chi connectivity index (χ1n) is 6.94. The van der Waals surface area contributed by atoms with E-state index in [4.69, 9.17) is 4.74 Å². The van der Waals surface area contributed by atoms with Gasteiger partial charge in [-0.25, -0.2) is 9.18 Å². The second-order valence-corrected chi connectivity index (χ2v) is 4.89. The van der Waals surface area contributed by atoms with Crippen molar-refractivity contribution in [3.05, 3.63) is 59.4 Å². The highest BCUT2D eigenvalue weighted by Gasteiger charge is 2.17. The van der Waals surface area contributed by atoms with Gasteiger partial charge in [-0.3, -0.25) is 9.59 Å². The molecule has 2 aromatic rings. The van der Waals surface area contributed by atoms with Crippen LogP contribution in [0.2, 0.25) is 0 Å². The van der Waals surface area contributed by atoms with Crippen LogP contribution in [0.25, 0.3) is 0 Å². The summed E-state index contributed by atoms with van der Waals surface area (Å²) in [6.45, 7) is 0.596. The second-order valence-electron chi connectivity index (χ2n) is 4.89. The Kier molecular flexibility index (Phi) is 5.26. The molecule has 2 rings (SSSR count). The Labute approximate surface area is 136 Å². The molecule has 0 aromatic heterocycles. The van der Waals surface area contributed by atoms with Gasteiger partial charge in [-0.2, -0.15) is 0 Å². The molecule has 124 valence electrons. The van der Waals surface area contributed by atoms with E-state index in [9.17, 15) is 23.9 Å². The Morgan fingerprint density at radius 3 is 2.46 bits per heavy atom. The maximum absolute atomic E-state index is 13.9. The van der Waals surface area contributed by atoms with E-state index < -0.39 is 24.2 Å². The molecule has 0 bridgehead atoms. The minimum Gasteiger partial charge on any atom is -0.507 e. The fourth-order valence-electron chi connectivity index (χ4n) is 1.96. The molecule has 2 aromatic carbocycles. The lowest BCUT2D eigenvalue weighted by Gasteiger charge is -2.08. The molecule has 0 radical (unpaired) electrons. The van der Waals surface area contributed by atoms with Crippen molar-refractivity contribution in [3.8, 4) is 5.75 Å². The molecule has 0 heterocycles. The molecule has 0 saturated heterocycles. The molecule has 0 aliphatic rings. The van der Waals surface area contributed by atoms with Crippen molar-refractivity contribution >= 4 is 23.3 Å². The fourth-order valence-corrected chi connectivity index (χ4v) is 1.96. The van der Waals surface area contributed by atoms with Crippen LogP contribution in [-0.2, 0) is 9.53 Å². The van der Waals surface area contributed by atoms with E-state index in [0.717, 1.165) is 6.07 Å². The van der Waals surface area contributed by atoms with Crippen LogP contribution < -0.4 is 5.32 Å². The number of halogens is 1. The summed E-state index contributed by atoms with van der Waals surface area (Å²) in [7, 11) is 0. The molecule has 0 atom stereocenters. The minimum atomic E-state index is -0.892. The summed E-state index contributed by atoms with van der Waals surface area (Å²) in [5.41, 5.74) is -0.149. The van der Waals surface area contributed by atoms with E-state index in [1.807, 2.05) is 0 Å². The number of phenolic OH excluding ortho intramolecular Hbond substituents is 1. The van der Waals surface area contributed by atoms with Gasteiger partial charge in [0, 0.05) is 12.6 Å². The molecule has 24 heavy (non-hydrogen) atoms. The van der Waals surface area contributed by atoms with Crippen LogP contribution in [0.5, 0.6) is 5.75 Å². The van der Waals surface area contributed by atoms with Crippen molar-refractivity contribution in [2.24, 2.45) is 0 Å². The zero-order chi connectivity index (χ0) is 17.7. The number of aromatic hydroxyl groups is 1. The van der Waals surface area contributed by atoms with Crippen LogP contribution in [0, 0.1) is 5.82 Å². The molecule has 0 saturated carbocycles. The van der Waals surface area contributed by atoms with E-state index in [1.165, 1.54) is 43.3 Å². The largest absolute Gasteiger partial charge is 0.507 e. The normalized spacial score (nSPS) is 10.1. The molecular formula is C17H14FNO5. The van der Waals surface area contributed by atoms with Crippen molar-refractivity contribution in [1.82, 2.24) is 0 Å². The summed E-state index contributed by atoms with van der Waals surface area (Å²) in [4.78, 5) is 34.6. The number of esters is 1. The Balaban J connectivity index is 2.04. The zero-order valence-corrected chi connectivity index (χ0v) is 12.7. The smallest absolute Gasteiger partial charge is 0.342 e. The average Bonchev–Trinajstić information content (AvgIpc) is 2.52. The first-order valence-corrected chi connectivity index (χ1v) is 6.94. The van der Waals surface area contributed by atoms with Crippen molar-refractivity contribution in [1.29, 1.82) is 0 Å². The highest BCUT2D eigenvalue weighted by molar-refractivity contribution is 6.00. The van der Waals surface area contributed by atoms with Crippen LogP contribution in [0.1, 0.15) is 27.6 Å². The van der Waals surface area contributed by atoms with E-state index >= 15 is 0 Å². The van der Waals surface area contributed by atoms with Crippen molar-refractivity contribution in [2.75, 3.05) is 11.9 Å². The van der Waals surface area contributed by atoms with Crippen molar-refractivity contribution in [2.45, 2.75) is 6.92 Å².